The van der Waals surface area contributed by atoms with Crippen molar-refractivity contribution in [3.8, 4) is 11.5 Å². The summed E-state index contributed by atoms with van der Waals surface area (Å²) >= 11 is 0. The first-order valence-electron chi connectivity index (χ1n) is 12.3. The van der Waals surface area contributed by atoms with Gasteiger partial charge in [-0.25, -0.2) is 0 Å². The van der Waals surface area contributed by atoms with Gasteiger partial charge in [-0.1, -0.05) is 20.3 Å². The summed E-state index contributed by atoms with van der Waals surface area (Å²) in [5, 5.41) is 41.0. The van der Waals surface area contributed by atoms with E-state index in [4.69, 9.17) is 10.8 Å². The molecular weight excluding hydrogens is 418 g/mol. The minimum absolute atomic E-state index is 0.00609. The molecule has 1 aromatic carbocycles. The van der Waals surface area contributed by atoms with Gasteiger partial charge in [-0.3, -0.25) is 15.6 Å². The molecule has 0 spiro atoms. The van der Waals surface area contributed by atoms with E-state index in [9.17, 15) is 15.0 Å². The van der Waals surface area contributed by atoms with Gasteiger partial charge >= 0.3 is 0 Å². The molecule has 5 N–H and O–H groups in total. The van der Waals surface area contributed by atoms with Gasteiger partial charge in [0, 0.05) is 24.7 Å². The number of piperidine rings is 1. The normalized spacial score (nSPS) is 21.6. The maximum atomic E-state index is 12.6. The molecule has 182 valence electrons. The van der Waals surface area contributed by atoms with Gasteiger partial charge in [0.15, 0.2) is 5.84 Å². The Bertz CT molecular complexity index is 871. The number of nitrogens with one attached hydrogen (secondary N) is 3. The van der Waals surface area contributed by atoms with Crippen LogP contribution in [-0.4, -0.2) is 69.3 Å². The summed E-state index contributed by atoms with van der Waals surface area (Å²) in [5.41, 5.74) is 0.842. The third kappa shape index (κ3) is 5.66. The lowest BCUT2D eigenvalue weighted by Crippen LogP contribution is -2.53. The smallest absolute Gasteiger partial charge is 0.286 e. The Morgan fingerprint density at radius 2 is 1.73 bits per heavy atom. The molecule has 0 bridgehead atoms. The molecule has 8 nitrogen and oxygen atoms in total. The first-order chi connectivity index (χ1) is 15.7. The van der Waals surface area contributed by atoms with Crippen LogP contribution >= 0.6 is 0 Å². The molecule has 0 aromatic heterocycles. The summed E-state index contributed by atoms with van der Waals surface area (Å²) in [6.07, 6.45) is 7.29. The lowest BCUT2D eigenvalue weighted by atomic mass is 9.87. The molecule has 8 heteroatoms. The molecule has 1 aliphatic heterocycles. The number of aromatic hydroxyl groups is 2. The Labute approximate surface area is 197 Å². The fraction of sp³-hybridized carbons (Fsp3) is 0.640. The van der Waals surface area contributed by atoms with Crippen molar-refractivity contribution in [1.29, 1.82) is 10.8 Å². The highest BCUT2D eigenvalue weighted by molar-refractivity contribution is 6.40. The molecular formula is C25H39N5O3. The monoisotopic (exact) mass is 457 g/mol. The van der Waals surface area contributed by atoms with Crippen LogP contribution in [0.15, 0.2) is 12.1 Å². The number of hydrogen-bond donors (Lipinski definition) is 5. The molecule has 3 rings (SSSR count). The quantitative estimate of drug-likeness (QED) is 0.340. The number of rotatable bonds is 5. The largest absolute Gasteiger partial charge is 0.508 e. The van der Waals surface area contributed by atoms with Crippen molar-refractivity contribution >= 4 is 17.6 Å². The van der Waals surface area contributed by atoms with Crippen LogP contribution in [0.4, 0.5) is 0 Å². The van der Waals surface area contributed by atoms with Gasteiger partial charge in [-0.05, 0) is 76.1 Å². The van der Waals surface area contributed by atoms with Crippen molar-refractivity contribution < 1.29 is 15.0 Å². The standard InChI is InChI=1S/C25H39N5O3/c1-4-28-25(33)24(27)30(18-10-8-17(9-11-18)29-12-6-5-7-13-29)23(26)20-14-19(16(2)3)21(31)15-22(20)32/h14-18,26-27,31-32H,4-13H2,1-3H3,(H,28,33). The highest BCUT2D eigenvalue weighted by Crippen LogP contribution is 2.35. The lowest BCUT2D eigenvalue weighted by molar-refractivity contribution is -0.115. The van der Waals surface area contributed by atoms with Crippen molar-refractivity contribution in [3.63, 3.8) is 0 Å². The zero-order valence-corrected chi connectivity index (χ0v) is 20.2. The first kappa shape index (κ1) is 25.0. The van der Waals surface area contributed by atoms with E-state index in [1.165, 1.54) is 30.2 Å². The number of phenols is 2. The van der Waals surface area contributed by atoms with Crippen molar-refractivity contribution in [1.82, 2.24) is 15.1 Å². The fourth-order valence-corrected chi connectivity index (χ4v) is 5.17. The van der Waals surface area contributed by atoms with Crippen molar-refractivity contribution in [3.05, 3.63) is 23.3 Å². The number of carbonyl (C=O) groups excluding carboxylic acids is 1. The predicted molar refractivity (Wildman–Crippen MR) is 130 cm³/mol. The molecule has 1 saturated carbocycles. The maximum Gasteiger partial charge on any atom is 0.286 e. The minimum atomic E-state index is -0.525. The van der Waals surface area contributed by atoms with Gasteiger partial charge in [0.05, 0.1) is 5.56 Å². The molecule has 33 heavy (non-hydrogen) atoms. The fourth-order valence-electron chi connectivity index (χ4n) is 5.17. The van der Waals surface area contributed by atoms with Crippen LogP contribution in [0.5, 0.6) is 11.5 Å². The molecule has 2 fully saturated rings. The van der Waals surface area contributed by atoms with Crippen LogP contribution in [0.2, 0.25) is 0 Å². The number of amidine groups is 2. The summed E-state index contributed by atoms with van der Waals surface area (Å²) in [5.74, 6) is -1.13. The molecule has 1 aromatic rings. The van der Waals surface area contributed by atoms with Crippen LogP contribution in [-0.2, 0) is 4.79 Å². The lowest BCUT2D eigenvalue weighted by Gasteiger charge is -2.42. The molecule has 1 amide bonds. The molecule has 1 aliphatic carbocycles. The van der Waals surface area contributed by atoms with Gasteiger partial charge in [0.1, 0.15) is 17.3 Å². The van der Waals surface area contributed by atoms with E-state index in [0.29, 0.717) is 18.2 Å². The average Bonchev–Trinajstić information content (AvgIpc) is 2.80. The van der Waals surface area contributed by atoms with Crippen molar-refractivity contribution in [2.75, 3.05) is 19.6 Å². The van der Waals surface area contributed by atoms with Gasteiger partial charge in [0.2, 0.25) is 0 Å². The summed E-state index contributed by atoms with van der Waals surface area (Å²) in [6.45, 7) is 8.33. The predicted octanol–water partition coefficient (Wildman–Crippen LogP) is 3.76. The highest BCUT2D eigenvalue weighted by atomic mass is 16.3. The molecule has 1 heterocycles. The van der Waals surface area contributed by atoms with E-state index in [-0.39, 0.29) is 40.7 Å². The number of likely N-dealkylation sites (N-methyl/N-ethyl adjacent to an activating group) is 1. The Morgan fingerprint density at radius 3 is 2.30 bits per heavy atom. The summed E-state index contributed by atoms with van der Waals surface area (Å²) in [4.78, 5) is 16.7. The topological polar surface area (TPSA) is 124 Å². The number of hydrogen-bond acceptors (Lipinski definition) is 6. The maximum absolute atomic E-state index is 12.6. The number of amides is 1. The molecule has 0 radical (unpaired) electrons. The van der Waals surface area contributed by atoms with Crippen LogP contribution in [0.1, 0.15) is 82.8 Å². The summed E-state index contributed by atoms with van der Waals surface area (Å²) < 4.78 is 0. The van der Waals surface area contributed by atoms with E-state index >= 15 is 0 Å². The second kappa shape index (κ2) is 11.0. The van der Waals surface area contributed by atoms with Crippen LogP contribution in [0.3, 0.4) is 0 Å². The van der Waals surface area contributed by atoms with Gasteiger partial charge in [0.25, 0.3) is 5.91 Å². The number of carbonyl (C=O) groups is 1. The Hall–Kier alpha value is -2.61. The number of benzene rings is 1. The zero-order chi connectivity index (χ0) is 24.1. The van der Waals surface area contributed by atoms with Crippen LogP contribution in [0.25, 0.3) is 0 Å². The van der Waals surface area contributed by atoms with Gasteiger partial charge in [-0.15, -0.1) is 0 Å². The van der Waals surface area contributed by atoms with Crippen LogP contribution in [0, 0.1) is 10.8 Å². The SMILES string of the molecule is CCNC(=O)C(=N)N(C(=N)c1cc(C(C)C)c(O)cc1O)C1CCC(N2CCCCC2)CC1. The zero-order valence-electron chi connectivity index (χ0n) is 20.2. The Kier molecular flexibility index (Phi) is 8.35. The summed E-state index contributed by atoms with van der Waals surface area (Å²) in [6, 6.07) is 3.21. The van der Waals surface area contributed by atoms with Gasteiger partial charge < -0.3 is 25.3 Å². The molecule has 0 unspecified atom stereocenters. The first-order valence-corrected chi connectivity index (χ1v) is 12.3. The van der Waals surface area contributed by atoms with E-state index in [0.717, 1.165) is 38.8 Å². The highest BCUT2D eigenvalue weighted by Gasteiger charge is 2.35. The Morgan fingerprint density at radius 1 is 1.09 bits per heavy atom. The number of nitrogens with zero attached hydrogens (tertiary/aromatic N) is 2. The molecule has 2 aliphatic rings. The third-order valence-corrected chi connectivity index (χ3v) is 6.99. The molecule has 0 atom stereocenters. The van der Waals surface area contributed by atoms with E-state index in [1.807, 2.05) is 13.8 Å². The molecule has 1 saturated heterocycles. The van der Waals surface area contributed by atoms with Crippen molar-refractivity contribution in [2.24, 2.45) is 0 Å². The van der Waals surface area contributed by atoms with E-state index < -0.39 is 5.91 Å². The van der Waals surface area contributed by atoms with Crippen molar-refractivity contribution in [2.45, 2.75) is 83.7 Å². The summed E-state index contributed by atoms with van der Waals surface area (Å²) in [7, 11) is 0. The second-order valence-electron chi connectivity index (χ2n) is 9.57. The third-order valence-electron chi connectivity index (χ3n) is 6.99. The number of likely N-dealkylation sites (tertiary alicyclic amines) is 1. The van der Waals surface area contributed by atoms with E-state index in [2.05, 4.69) is 10.2 Å². The Balaban J connectivity index is 1.86. The second-order valence-corrected chi connectivity index (χ2v) is 9.57. The number of phenolic OH excluding ortho intramolecular Hbond substituents is 2. The van der Waals surface area contributed by atoms with Crippen LogP contribution < -0.4 is 5.32 Å². The minimum Gasteiger partial charge on any atom is -0.508 e. The van der Waals surface area contributed by atoms with E-state index in [1.54, 1.807) is 13.0 Å². The van der Waals surface area contributed by atoms with Gasteiger partial charge in [-0.2, -0.15) is 0 Å². The average molecular weight is 458 g/mol.